The molecular formula is C13H16ClNO2. The van der Waals surface area contributed by atoms with Crippen molar-refractivity contribution in [3.05, 3.63) is 28.8 Å². The molecule has 1 saturated heterocycles. The van der Waals surface area contributed by atoms with Gasteiger partial charge in [-0.25, -0.2) is 0 Å². The molecule has 2 fully saturated rings. The van der Waals surface area contributed by atoms with Crippen LogP contribution in [0.1, 0.15) is 18.4 Å². The Morgan fingerprint density at radius 3 is 2.65 bits per heavy atom. The maximum absolute atomic E-state index is 6.24. The van der Waals surface area contributed by atoms with Crippen molar-refractivity contribution in [1.82, 2.24) is 0 Å². The molecular weight excluding hydrogens is 238 g/mol. The van der Waals surface area contributed by atoms with E-state index in [2.05, 4.69) is 6.07 Å². The van der Waals surface area contributed by atoms with E-state index in [4.69, 9.17) is 26.8 Å². The van der Waals surface area contributed by atoms with Crippen LogP contribution in [0.25, 0.3) is 0 Å². The Morgan fingerprint density at radius 2 is 2.18 bits per heavy atom. The van der Waals surface area contributed by atoms with E-state index in [-0.39, 0.29) is 11.5 Å². The van der Waals surface area contributed by atoms with Crippen LogP contribution in [-0.2, 0) is 10.2 Å². The van der Waals surface area contributed by atoms with Gasteiger partial charge in [0.15, 0.2) is 0 Å². The quantitative estimate of drug-likeness (QED) is 0.894. The van der Waals surface area contributed by atoms with E-state index < -0.39 is 0 Å². The van der Waals surface area contributed by atoms with Crippen molar-refractivity contribution in [2.75, 3.05) is 19.8 Å². The molecule has 0 aromatic heterocycles. The van der Waals surface area contributed by atoms with Crippen LogP contribution >= 0.6 is 11.6 Å². The van der Waals surface area contributed by atoms with Gasteiger partial charge in [0.25, 0.3) is 0 Å². The van der Waals surface area contributed by atoms with Crippen LogP contribution in [0.5, 0.6) is 5.75 Å². The van der Waals surface area contributed by atoms with Gasteiger partial charge in [0.2, 0.25) is 0 Å². The molecule has 4 heteroatoms. The molecule has 1 aromatic carbocycles. The maximum atomic E-state index is 6.24. The van der Waals surface area contributed by atoms with Gasteiger partial charge in [0, 0.05) is 12.0 Å². The monoisotopic (exact) mass is 253 g/mol. The van der Waals surface area contributed by atoms with Crippen molar-refractivity contribution in [2.24, 2.45) is 5.73 Å². The molecule has 0 spiro atoms. The second-order valence-corrected chi connectivity index (χ2v) is 5.31. The van der Waals surface area contributed by atoms with Crippen molar-refractivity contribution in [3.8, 4) is 5.75 Å². The molecule has 2 aliphatic rings. The van der Waals surface area contributed by atoms with Gasteiger partial charge in [0.1, 0.15) is 11.9 Å². The molecule has 1 aliphatic heterocycles. The lowest BCUT2D eigenvalue weighted by Crippen LogP contribution is -2.38. The van der Waals surface area contributed by atoms with E-state index >= 15 is 0 Å². The van der Waals surface area contributed by atoms with Gasteiger partial charge >= 0.3 is 0 Å². The fourth-order valence-electron chi connectivity index (χ4n) is 2.15. The molecule has 0 amide bonds. The van der Waals surface area contributed by atoms with Gasteiger partial charge in [-0.1, -0.05) is 17.7 Å². The lowest BCUT2D eigenvalue weighted by Gasteiger charge is -2.27. The summed E-state index contributed by atoms with van der Waals surface area (Å²) in [5, 5.41) is 0.675. The van der Waals surface area contributed by atoms with E-state index in [0.29, 0.717) is 24.8 Å². The summed E-state index contributed by atoms with van der Waals surface area (Å²) in [4.78, 5) is 0. The SMILES string of the molecule is NCC1(c2ccc(OC3COC3)c(Cl)c2)CC1. The summed E-state index contributed by atoms with van der Waals surface area (Å²) in [6.07, 6.45) is 2.48. The average Bonchev–Trinajstić information content (AvgIpc) is 3.06. The normalized spacial score (nSPS) is 22.0. The highest BCUT2D eigenvalue weighted by atomic mass is 35.5. The van der Waals surface area contributed by atoms with Gasteiger partial charge in [-0.15, -0.1) is 0 Å². The second-order valence-electron chi connectivity index (χ2n) is 4.91. The van der Waals surface area contributed by atoms with Crippen LogP contribution in [0.2, 0.25) is 5.02 Å². The number of ether oxygens (including phenoxy) is 2. The molecule has 0 bridgehead atoms. The third-order valence-corrected chi connectivity index (χ3v) is 3.99. The number of nitrogens with two attached hydrogens (primary N) is 1. The molecule has 0 atom stereocenters. The lowest BCUT2D eigenvalue weighted by atomic mass is 9.96. The predicted molar refractivity (Wildman–Crippen MR) is 66.7 cm³/mol. The van der Waals surface area contributed by atoms with Gasteiger partial charge in [-0.05, 0) is 30.5 Å². The number of benzene rings is 1. The third kappa shape index (κ3) is 2.03. The van der Waals surface area contributed by atoms with Crippen LogP contribution in [0.15, 0.2) is 18.2 Å². The van der Waals surface area contributed by atoms with Gasteiger partial charge < -0.3 is 15.2 Å². The number of rotatable bonds is 4. The standard InChI is InChI=1S/C13H16ClNO2/c14-11-5-9(13(8-15)3-4-13)1-2-12(11)17-10-6-16-7-10/h1-2,5,10H,3-4,6-8,15H2. The minimum absolute atomic E-state index is 0.155. The number of halogens is 1. The molecule has 2 N–H and O–H groups in total. The van der Waals surface area contributed by atoms with Crippen LogP contribution in [0.4, 0.5) is 0 Å². The fraction of sp³-hybridized carbons (Fsp3) is 0.538. The highest BCUT2D eigenvalue weighted by molar-refractivity contribution is 6.32. The van der Waals surface area contributed by atoms with E-state index in [1.165, 1.54) is 5.56 Å². The minimum atomic E-state index is 0.155. The lowest BCUT2D eigenvalue weighted by molar-refractivity contribution is -0.0796. The summed E-state index contributed by atoms with van der Waals surface area (Å²) in [7, 11) is 0. The number of hydrogen-bond donors (Lipinski definition) is 1. The number of hydrogen-bond acceptors (Lipinski definition) is 3. The van der Waals surface area contributed by atoms with Crippen molar-refractivity contribution >= 4 is 11.6 Å². The summed E-state index contributed by atoms with van der Waals surface area (Å²) in [5.74, 6) is 0.747. The van der Waals surface area contributed by atoms with Crippen LogP contribution in [0, 0.1) is 0 Å². The largest absolute Gasteiger partial charge is 0.484 e. The molecule has 1 saturated carbocycles. The van der Waals surface area contributed by atoms with Crippen LogP contribution < -0.4 is 10.5 Å². The summed E-state index contributed by atoms with van der Waals surface area (Å²) in [6, 6.07) is 6.03. The van der Waals surface area contributed by atoms with Gasteiger partial charge in [-0.2, -0.15) is 0 Å². The van der Waals surface area contributed by atoms with Crippen molar-refractivity contribution in [3.63, 3.8) is 0 Å². The summed E-state index contributed by atoms with van der Waals surface area (Å²) in [5.41, 5.74) is 7.23. The molecule has 92 valence electrons. The Balaban J connectivity index is 1.78. The van der Waals surface area contributed by atoms with E-state index in [0.717, 1.165) is 18.6 Å². The Morgan fingerprint density at radius 1 is 1.41 bits per heavy atom. The first-order valence-corrected chi connectivity index (χ1v) is 6.36. The summed E-state index contributed by atoms with van der Waals surface area (Å²) in [6.45, 7) is 2.01. The fourth-order valence-corrected chi connectivity index (χ4v) is 2.37. The first kappa shape index (κ1) is 11.3. The Hall–Kier alpha value is -0.770. The maximum Gasteiger partial charge on any atom is 0.145 e. The zero-order valence-electron chi connectivity index (χ0n) is 9.62. The molecule has 0 radical (unpaired) electrons. The van der Waals surface area contributed by atoms with E-state index in [9.17, 15) is 0 Å². The molecule has 17 heavy (non-hydrogen) atoms. The molecule has 1 aliphatic carbocycles. The van der Waals surface area contributed by atoms with E-state index in [1.807, 2.05) is 12.1 Å². The van der Waals surface area contributed by atoms with Crippen molar-refractivity contribution in [1.29, 1.82) is 0 Å². The van der Waals surface area contributed by atoms with Crippen molar-refractivity contribution < 1.29 is 9.47 Å². The topological polar surface area (TPSA) is 44.5 Å². The summed E-state index contributed by atoms with van der Waals surface area (Å²) < 4.78 is 10.8. The molecule has 3 nitrogen and oxygen atoms in total. The minimum Gasteiger partial charge on any atom is -0.484 e. The molecule has 3 rings (SSSR count). The van der Waals surface area contributed by atoms with Gasteiger partial charge in [-0.3, -0.25) is 0 Å². The van der Waals surface area contributed by atoms with Crippen LogP contribution in [0.3, 0.4) is 0 Å². The molecule has 1 aromatic rings. The Kier molecular flexibility index (Phi) is 2.77. The first-order valence-electron chi connectivity index (χ1n) is 5.98. The smallest absolute Gasteiger partial charge is 0.145 e. The Labute approximate surface area is 106 Å². The van der Waals surface area contributed by atoms with Crippen LogP contribution in [-0.4, -0.2) is 25.9 Å². The zero-order valence-corrected chi connectivity index (χ0v) is 10.4. The zero-order chi connectivity index (χ0) is 11.9. The Bertz CT molecular complexity index is 427. The molecule has 1 heterocycles. The highest BCUT2D eigenvalue weighted by Crippen LogP contribution is 2.48. The predicted octanol–water partition coefficient (Wildman–Crippen LogP) is 2.11. The summed E-state index contributed by atoms with van der Waals surface area (Å²) >= 11 is 6.24. The molecule has 0 unspecified atom stereocenters. The van der Waals surface area contributed by atoms with E-state index in [1.54, 1.807) is 0 Å². The third-order valence-electron chi connectivity index (χ3n) is 3.69. The van der Waals surface area contributed by atoms with Gasteiger partial charge in [0.05, 0.1) is 18.2 Å². The first-order chi connectivity index (χ1) is 8.23. The second kappa shape index (κ2) is 4.16. The average molecular weight is 254 g/mol. The highest BCUT2D eigenvalue weighted by Gasteiger charge is 2.43. The van der Waals surface area contributed by atoms with Crippen molar-refractivity contribution in [2.45, 2.75) is 24.4 Å².